The van der Waals surface area contributed by atoms with Gasteiger partial charge in [0.1, 0.15) is 6.10 Å². The van der Waals surface area contributed by atoms with E-state index in [1.807, 2.05) is 30.8 Å². The summed E-state index contributed by atoms with van der Waals surface area (Å²) in [6, 6.07) is 1.73. The molecular weight excluding hydrogens is 272 g/mol. The van der Waals surface area contributed by atoms with Crippen molar-refractivity contribution in [2.75, 3.05) is 19.6 Å². The van der Waals surface area contributed by atoms with E-state index in [0.29, 0.717) is 19.6 Å². The van der Waals surface area contributed by atoms with Gasteiger partial charge in [0.2, 0.25) is 0 Å². The van der Waals surface area contributed by atoms with Gasteiger partial charge in [0.15, 0.2) is 0 Å². The molecule has 1 aliphatic heterocycles. The van der Waals surface area contributed by atoms with Crippen LogP contribution in [-0.2, 0) is 11.3 Å². The van der Waals surface area contributed by atoms with E-state index in [-0.39, 0.29) is 18.2 Å². The summed E-state index contributed by atoms with van der Waals surface area (Å²) < 4.78 is 7.43. The molecule has 2 N–H and O–H groups in total. The highest BCUT2D eigenvalue weighted by Crippen LogP contribution is 2.15. The molecule has 118 valence electrons. The molecule has 0 bridgehead atoms. The Balaban J connectivity index is 1.66. The Morgan fingerprint density at radius 2 is 2.33 bits per heavy atom. The predicted octanol–water partition coefficient (Wildman–Crippen LogP) is 0.453. The summed E-state index contributed by atoms with van der Waals surface area (Å²) >= 11 is 0. The van der Waals surface area contributed by atoms with Gasteiger partial charge in [-0.2, -0.15) is 5.10 Å². The summed E-state index contributed by atoms with van der Waals surface area (Å²) in [5, 5.41) is 16.9. The average molecular weight is 296 g/mol. The molecule has 1 aliphatic rings. The maximum atomic E-state index is 12.0. The van der Waals surface area contributed by atoms with Crippen molar-refractivity contribution >= 4 is 6.03 Å². The van der Waals surface area contributed by atoms with E-state index in [9.17, 15) is 9.90 Å². The Hall–Kier alpha value is -1.60. The number of nitrogens with zero attached hydrogens (tertiary/aromatic N) is 3. The van der Waals surface area contributed by atoms with Crippen LogP contribution in [0.2, 0.25) is 0 Å². The largest absolute Gasteiger partial charge is 0.388 e. The molecule has 0 aromatic carbocycles. The van der Waals surface area contributed by atoms with Gasteiger partial charge in [-0.3, -0.25) is 4.68 Å². The summed E-state index contributed by atoms with van der Waals surface area (Å²) in [7, 11) is 0. The zero-order valence-corrected chi connectivity index (χ0v) is 12.6. The van der Waals surface area contributed by atoms with Crippen LogP contribution in [0.25, 0.3) is 0 Å². The number of hydrogen-bond acceptors (Lipinski definition) is 4. The maximum absolute atomic E-state index is 12.0. The molecule has 2 atom stereocenters. The van der Waals surface area contributed by atoms with E-state index < -0.39 is 6.10 Å². The minimum atomic E-state index is -0.609. The molecule has 1 saturated heterocycles. The van der Waals surface area contributed by atoms with Crippen molar-refractivity contribution in [1.82, 2.24) is 20.0 Å². The number of hydrogen-bond donors (Lipinski definition) is 2. The van der Waals surface area contributed by atoms with Crippen molar-refractivity contribution in [1.29, 1.82) is 0 Å². The summed E-state index contributed by atoms with van der Waals surface area (Å²) in [5.74, 6) is 0. The van der Waals surface area contributed by atoms with Crippen LogP contribution < -0.4 is 5.32 Å². The number of likely N-dealkylation sites (tertiary alicyclic amines) is 1. The number of amides is 2. The van der Waals surface area contributed by atoms with Crippen LogP contribution in [0.15, 0.2) is 18.5 Å². The fourth-order valence-corrected chi connectivity index (χ4v) is 2.39. The van der Waals surface area contributed by atoms with Crippen molar-refractivity contribution in [3.8, 4) is 0 Å². The van der Waals surface area contributed by atoms with Crippen LogP contribution in [0.4, 0.5) is 4.79 Å². The molecule has 21 heavy (non-hydrogen) atoms. The molecule has 0 saturated carbocycles. The molecule has 7 heteroatoms. The van der Waals surface area contributed by atoms with Crippen LogP contribution in [-0.4, -0.2) is 63.8 Å². The van der Waals surface area contributed by atoms with Gasteiger partial charge in [0, 0.05) is 25.5 Å². The highest BCUT2D eigenvalue weighted by molar-refractivity contribution is 5.74. The van der Waals surface area contributed by atoms with Crippen LogP contribution >= 0.6 is 0 Å². The molecule has 7 nitrogen and oxygen atoms in total. The second kappa shape index (κ2) is 7.42. The van der Waals surface area contributed by atoms with Gasteiger partial charge in [0.05, 0.1) is 25.3 Å². The number of ether oxygens (including phenoxy) is 1. The van der Waals surface area contributed by atoms with E-state index in [1.54, 1.807) is 11.1 Å². The Bertz CT molecular complexity index is 435. The highest BCUT2D eigenvalue weighted by atomic mass is 16.5. The molecule has 1 fully saturated rings. The summed E-state index contributed by atoms with van der Waals surface area (Å²) in [6.07, 6.45) is 3.59. The lowest BCUT2D eigenvalue weighted by Crippen LogP contribution is -2.40. The number of β-amino-alcohol motifs (C(OH)–C–C–N with tert-alkyl or cyclic N) is 1. The normalized spacial score (nSPS) is 22.0. The van der Waals surface area contributed by atoms with Crippen molar-refractivity contribution < 1.29 is 14.6 Å². The predicted molar refractivity (Wildman–Crippen MR) is 77.8 cm³/mol. The van der Waals surface area contributed by atoms with Gasteiger partial charge < -0.3 is 20.1 Å². The van der Waals surface area contributed by atoms with E-state index in [1.165, 1.54) is 0 Å². The van der Waals surface area contributed by atoms with Gasteiger partial charge in [-0.15, -0.1) is 0 Å². The van der Waals surface area contributed by atoms with Crippen LogP contribution in [0.3, 0.4) is 0 Å². The smallest absolute Gasteiger partial charge is 0.317 e. The number of carbonyl (C=O) groups excluding carboxylic acids is 1. The first kappa shape index (κ1) is 15.8. The second-order valence-corrected chi connectivity index (χ2v) is 5.55. The maximum Gasteiger partial charge on any atom is 0.317 e. The van der Waals surface area contributed by atoms with E-state index in [4.69, 9.17) is 4.74 Å². The topological polar surface area (TPSA) is 79.6 Å². The molecule has 1 aromatic heterocycles. The number of rotatable bonds is 6. The molecule has 2 amide bonds. The van der Waals surface area contributed by atoms with Gasteiger partial charge >= 0.3 is 6.03 Å². The van der Waals surface area contributed by atoms with Crippen molar-refractivity contribution in [2.24, 2.45) is 0 Å². The molecule has 0 radical (unpaired) electrons. The van der Waals surface area contributed by atoms with Crippen molar-refractivity contribution in [2.45, 2.75) is 45.1 Å². The van der Waals surface area contributed by atoms with Gasteiger partial charge in [0.25, 0.3) is 0 Å². The molecule has 0 spiro atoms. The van der Waals surface area contributed by atoms with Gasteiger partial charge in [-0.1, -0.05) is 0 Å². The number of aliphatic hydroxyl groups is 1. The summed E-state index contributed by atoms with van der Waals surface area (Å²) in [5.41, 5.74) is 0. The molecule has 0 unspecified atom stereocenters. The fourth-order valence-electron chi connectivity index (χ4n) is 2.39. The monoisotopic (exact) mass is 296 g/mol. The zero-order chi connectivity index (χ0) is 15.2. The third-order valence-electron chi connectivity index (χ3n) is 3.37. The average Bonchev–Trinajstić information content (AvgIpc) is 3.05. The van der Waals surface area contributed by atoms with Crippen LogP contribution in [0.5, 0.6) is 0 Å². The first-order valence-corrected chi connectivity index (χ1v) is 7.40. The first-order valence-electron chi connectivity index (χ1n) is 7.40. The van der Waals surface area contributed by atoms with Gasteiger partial charge in [-0.05, 0) is 26.3 Å². The molecule has 2 rings (SSSR count). The molecule has 1 aromatic rings. The molecule has 0 aliphatic carbocycles. The number of aromatic nitrogens is 2. The van der Waals surface area contributed by atoms with E-state index >= 15 is 0 Å². The first-order chi connectivity index (χ1) is 10.1. The number of aliphatic hydroxyl groups excluding tert-OH is 1. The van der Waals surface area contributed by atoms with Crippen LogP contribution in [0.1, 0.15) is 20.3 Å². The quantitative estimate of drug-likeness (QED) is 0.747. The van der Waals surface area contributed by atoms with Gasteiger partial charge in [-0.25, -0.2) is 4.79 Å². The molecule has 2 heterocycles. The third-order valence-corrected chi connectivity index (χ3v) is 3.37. The fraction of sp³-hybridized carbons (Fsp3) is 0.714. The Labute approximate surface area is 124 Å². The number of carbonyl (C=O) groups is 1. The zero-order valence-electron chi connectivity index (χ0n) is 12.6. The second-order valence-electron chi connectivity index (χ2n) is 5.55. The summed E-state index contributed by atoms with van der Waals surface area (Å²) in [6.45, 7) is 5.96. The van der Waals surface area contributed by atoms with Crippen LogP contribution in [0, 0.1) is 0 Å². The van der Waals surface area contributed by atoms with E-state index in [2.05, 4.69) is 10.4 Å². The highest BCUT2D eigenvalue weighted by Gasteiger charge is 2.35. The van der Waals surface area contributed by atoms with Crippen molar-refractivity contribution in [3.63, 3.8) is 0 Å². The number of urea groups is 1. The summed E-state index contributed by atoms with van der Waals surface area (Å²) in [4.78, 5) is 13.6. The lowest BCUT2D eigenvalue weighted by Gasteiger charge is -2.18. The Morgan fingerprint density at radius 1 is 1.52 bits per heavy atom. The minimum absolute atomic E-state index is 0.0433. The lowest BCUT2D eigenvalue weighted by atomic mass is 10.2. The standard InChI is InChI=1S/C14H24N4O3/c1-11(2)21-13-10-17(9-12(13)19)14(20)15-5-3-7-18-8-4-6-16-18/h4,6,8,11-13,19H,3,5,7,9-10H2,1-2H3,(H,15,20)/t12-,13-/m0/s1. The molecular formula is C14H24N4O3. The van der Waals surface area contributed by atoms with E-state index in [0.717, 1.165) is 13.0 Å². The third kappa shape index (κ3) is 4.71. The lowest BCUT2D eigenvalue weighted by molar-refractivity contribution is -0.0393. The Kier molecular flexibility index (Phi) is 5.58. The SMILES string of the molecule is CC(C)O[C@H]1CN(C(=O)NCCCn2cccn2)C[C@@H]1O. The van der Waals surface area contributed by atoms with Crippen molar-refractivity contribution in [3.05, 3.63) is 18.5 Å². The minimum Gasteiger partial charge on any atom is -0.388 e. The Morgan fingerprint density at radius 3 is 3.00 bits per heavy atom. The number of aryl methyl sites for hydroxylation is 1. The number of nitrogens with one attached hydrogen (secondary N) is 1.